The zero-order chi connectivity index (χ0) is 26.6. The molecule has 3 unspecified atom stereocenters. The molecule has 1 saturated carbocycles. The molecule has 5 rings (SSSR count). The summed E-state index contributed by atoms with van der Waals surface area (Å²) in [4.78, 5) is 28.3. The van der Waals surface area contributed by atoms with Crippen LogP contribution in [0, 0.1) is 24.7 Å². The van der Waals surface area contributed by atoms with Crippen LogP contribution in [0.4, 0.5) is 0 Å². The van der Waals surface area contributed by atoms with Crippen molar-refractivity contribution in [1.29, 1.82) is 0 Å². The monoisotopic (exact) mass is 536 g/mol. The van der Waals surface area contributed by atoms with Gasteiger partial charge in [0.25, 0.3) is 5.91 Å². The van der Waals surface area contributed by atoms with Crippen molar-refractivity contribution in [1.82, 2.24) is 20.0 Å². The van der Waals surface area contributed by atoms with Crippen molar-refractivity contribution in [3.63, 3.8) is 0 Å². The van der Waals surface area contributed by atoms with Gasteiger partial charge in [0.15, 0.2) is 5.78 Å². The van der Waals surface area contributed by atoms with E-state index in [1.54, 1.807) is 12.1 Å². The predicted molar refractivity (Wildman–Crippen MR) is 150 cm³/mol. The molecule has 3 atom stereocenters. The van der Waals surface area contributed by atoms with E-state index < -0.39 is 0 Å². The maximum Gasteiger partial charge on any atom is 0.251 e. The third kappa shape index (κ3) is 6.28. The molecule has 7 nitrogen and oxygen atoms in total. The molecule has 1 saturated heterocycles. The Morgan fingerprint density at radius 2 is 1.89 bits per heavy atom. The van der Waals surface area contributed by atoms with E-state index in [0.29, 0.717) is 29.0 Å². The van der Waals surface area contributed by atoms with Gasteiger partial charge >= 0.3 is 0 Å². The van der Waals surface area contributed by atoms with Crippen LogP contribution in [0.5, 0.6) is 0 Å². The second-order valence-electron chi connectivity index (χ2n) is 10.9. The molecule has 2 aromatic carbocycles. The molecular formula is C30H37ClN4O3. The molecule has 2 aliphatic rings. The molecule has 0 spiro atoms. The first-order valence-electron chi connectivity index (χ1n) is 13.7. The Labute approximate surface area is 229 Å². The average Bonchev–Trinajstić information content (AvgIpc) is 3.29. The first-order valence-corrected chi connectivity index (χ1v) is 14.1. The van der Waals surface area contributed by atoms with Crippen LogP contribution >= 0.6 is 11.6 Å². The third-order valence-electron chi connectivity index (χ3n) is 8.15. The minimum Gasteiger partial charge on any atom is -0.379 e. The van der Waals surface area contributed by atoms with Gasteiger partial charge in [0.2, 0.25) is 0 Å². The fraction of sp³-hybridized carbons (Fsp3) is 0.500. The number of nitrogens with zero attached hydrogens (tertiary/aromatic N) is 3. The van der Waals surface area contributed by atoms with E-state index in [-0.39, 0.29) is 17.6 Å². The summed E-state index contributed by atoms with van der Waals surface area (Å²) >= 11 is 5.99. The molecule has 1 aliphatic heterocycles. The van der Waals surface area contributed by atoms with Gasteiger partial charge in [-0.15, -0.1) is 0 Å². The summed E-state index contributed by atoms with van der Waals surface area (Å²) in [5.74, 6) is 1.03. The van der Waals surface area contributed by atoms with E-state index >= 15 is 0 Å². The second kappa shape index (κ2) is 12.0. The zero-order valence-electron chi connectivity index (χ0n) is 22.3. The Balaban J connectivity index is 1.18. The average molecular weight is 537 g/mol. The van der Waals surface area contributed by atoms with Crippen LogP contribution in [0.25, 0.3) is 10.9 Å². The SMILES string of the molecule is Cc1cc2nn(CC3CCC(C(=O)c4ccc(Cl)cc4)C(C)C3)cc2cc1C(=O)NCCN1CCOCC1. The Hall–Kier alpha value is -2.74. The highest BCUT2D eigenvalue weighted by molar-refractivity contribution is 6.30. The lowest BCUT2D eigenvalue weighted by molar-refractivity contribution is 0.0383. The first-order chi connectivity index (χ1) is 18.4. The molecular weight excluding hydrogens is 500 g/mol. The van der Waals surface area contributed by atoms with E-state index in [0.717, 1.165) is 80.7 Å². The Morgan fingerprint density at radius 1 is 1.13 bits per heavy atom. The van der Waals surface area contributed by atoms with Crippen LogP contribution in [0.15, 0.2) is 42.6 Å². The number of aromatic nitrogens is 2. The summed E-state index contributed by atoms with van der Waals surface area (Å²) in [6.45, 7) is 9.79. The van der Waals surface area contributed by atoms with Crippen molar-refractivity contribution in [2.75, 3.05) is 39.4 Å². The lowest BCUT2D eigenvalue weighted by atomic mass is 9.72. The number of fused-ring (bicyclic) bond motifs is 1. The number of amides is 1. The Morgan fingerprint density at radius 3 is 2.63 bits per heavy atom. The van der Waals surface area contributed by atoms with Crippen molar-refractivity contribution >= 4 is 34.2 Å². The number of hydrogen-bond acceptors (Lipinski definition) is 5. The molecule has 0 bridgehead atoms. The van der Waals surface area contributed by atoms with Gasteiger partial charge in [0, 0.05) is 66.4 Å². The summed E-state index contributed by atoms with van der Waals surface area (Å²) in [5, 5.41) is 9.52. The minimum atomic E-state index is -0.0390. The number of nitrogens with one attached hydrogen (secondary N) is 1. The number of Topliss-reactive ketones (excluding diaryl/α,β-unsaturated/α-hetero) is 1. The molecule has 1 amide bonds. The molecule has 8 heteroatoms. The highest BCUT2D eigenvalue weighted by Gasteiger charge is 2.33. The summed E-state index contributed by atoms with van der Waals surface area (Å²) in [5.41, 5.74) is 3.29. The predicted octanol–water partition coefficient (Wildman–Crippen LogP) is 5.00. The van der Waals surface area contributed by atoms with E-state index in [4.69, 9.17) is 21.4 Å². The highest BCUT2D eigenvalue weighted by Crippen LogP contribution is 2.36. The largest absolute Gasteiger partial charge is 0.379 e. The van der Waals surface area contributed by atoms with Gasteiger partial charge in [-0.25, -0.2) is 0 Å². The van der Waals surface area contributed by atoms with Crippen molar-refractivity contribution in [2.24, 2.45) is 17.8 Å². The Bertz CT molecular complexity index is 1280. The number of rotatable bonds is 8. The molecule has 202 valence electrons. The fourth-order valence-electron chi connectivity index (χ4n) is 5.97. The lowest BCUT2D eigenvalue weighted by Gasteiger charge is -2.33. The topological polar surface area (TPSA) is 76.5 Å². The fourth-order valence-corrected chi connectivity index (χ4v) is 6.09. The number of ketones is 1. The third-order valence-corrected chi connectivity index (χ3v) is 8.40. The highest BCUT2D eigenvalue weighted by atomic mass is 35.5. The van der Waals surface area contributed by atoms with E-state index in [2.05, 4.69) is 23.3 Å². The molecule has 1 aliphatic carbocycles. The van der Waals surface area contributed by atoms with E-state index in [1.807, 2.05) is 35.9 Å². The van der Waals surface area contributed by atoms with Gasteiger partial charge in [0.05, 0.1) is 18.7 Å². The number of aryl methyl sites for hydroxylation is 1. The van der Waals surface area contributed by atoms with Gasteiger partial charge < -0.3 is 10.1 Å². The molecule has 2 heterocycles. The summed E-state index contributed by atoms with van der Waals surface area (Å²) < 4.78 is 7.40. The Kier molecular flexibility index (Phi) is 8.46. The summed E-state index contributed by atoms with van der Waals surface area (Å²) in [6, 6.07) is 11.2. The first kappa shape index (κ1) is 26.9. The molecule has 3 aromatic rings. The minimum absolute atomic E-state index is 0.0390. The molecule has 1 aromatic heterocycles. The maximum absolute atomic E-state index is 13.1. The zero-order valence-corrected chi connectivity index (χ0v) is 23.0. The molecule has 2 fully saturated rings. The van der Waals surface area contributed by atoms with Crippen LogP contribution in [0.3, 0.4) is 0 Å². The summed E-state index contributed by atoms with van der Waals surface area (Å²) in [6.07, 6.45) is 4.94. The quantitative estimate of drug-likeness (QED) is 0.410. The normalized spacial score (nSPS) is 22.4. The van der Waals surface area contributed by atoms with Crippen molar-refractivity contribution < 1.29 is 14.3 Å². The second-order valence-corrected chi connectivity index (χ2v) is 11.4. The maximum atomic E-state index is 13.1. The van der Waals surface area contributed by atoms with E-state index in [1.165, 1.54) is 0 Å². The number of ether oxygens (including phenoxy) is 1. The number of morpholine rings is 1. The van der Waals surface area contributed by atoms with Crippen LogP contribution < -0.4 is 5.32 Å². The van der Waals surface area contributed by atoms with Crippen LogP contribution in [-0.4, -0.2) is 65.8 Å². The molecule has 38 heavy (non-hydrogen) atoms. The van der Waals surface area contributed by atoms with Crippen molar-refractivity contribution in [2.45, 2.75) is 39.7 Å². The number of benzene rings is 2. The lowest BCUT2D eigenvalue weighted by Crippen LogP contribution is -2.41. The standard InChI is InChI=1S/C30H37ClN4O3/c1-20-15-22(3-8-26(20)29(36)23-4-6-25(31)7-5-23)18-35-19-24-17-27(21(2)16-28(24)33-35)30(37)32-9-10-34-11-13-38-14-12-34/h4-7,16-17,19-20,22,26H,3,8-15,18H2,1-2H3,(H,32,37). The number of hydrogen-bond donors (Lipinski definition) is 1. The van der Waals surface area contributed by atoms with E-state index in [9.17, 15) is 9.59 Å². The van der Waals surface area contributed by atoms with Gasteiger partial charge in [-0.2, -0.15) is 5.10 Å². The van der Waals surface area contributed by atoms with Crippen LogP contribution in [-0.2, 0) is 11.3 Å². The smallest absolute Gasteiger partial charge is 0.251 e. The molecule has 0 radical (unpaired) electrons. The van der Waals surface area contributed by atoms with Crippen LogP contribution in [0.2, 0.25) is 5.02 Å². The number of carbonyl (C=O) groups excluding carboxylic acids is 2. The summed E-state index contributed by atoms with van der Waals surface area (Å²) in [7, 11) is 0. The van der Waals surface area contributed by atoms with Gasteiger partial charge in [-0.1, -0.05) is 18.5 Å². The number of halogens is 1. The van der Waals surface area contributed by atoms with Crippen LogP contribution in [0.1, 0.15) is 52.5 Å². The number of carbonyl (C=O) groups is 2. The van der Waals surface area contributed by atoms with Crippen molar-refractivity contribution in [3.05, 3.63) is 64.3 Å². The van der Waals surface area contributed by atoms with Gasteiger partial charge in [-0.3, -0.25) is 19.2 Å². The van der Waals surface area contributed by atoms with Gasteiger partial charge in [-0.05, 0) is 80.0 Å². The van der Waals surface area contributed by atoms with Crippen molar-refractivity contribution in [3.8, 4) is 0 Å². The van der Waals surface area contributed by atoms with Gasteiger partial charge in [0.1, 0.15) is 0 Å². The molecule has 1 N–H and O–H groups in total.